The minimum atomic E-state index is -0.772. The molecule has 0 bridgehead atoms. The number of carbonyl (C=O) groups is 1. The number of carboxylic acids is 1. The van der Waals surface area contributed by atoms with Crippen molar-refractivity contribution in [3.63, 3.8) is 0 Å². The van der Waals surface area contributed by atoms with Gasteiger partial charge >= 0.3 is 5.97 Å². The molecule has 0 radical (unpaired) electrons. The van der Waals surface area contributed by atoms with Crippen molar-refractivity contribution < 1.29 is 14.6 Å². The maximum absolute atomic E-state index is 11.0. The van der Waals surface area contributed by atoms with Crippen molar-refractivity contribution in [2.75, 3.05) is 7.11 Å². The van der Waals surface area contributed by atoms with E-state index in [-0.39, 0.29) is 11.8 Å². The summed E-state index contributed by atoms with van der Waals surface area (Å²) in [6.07, 6.45) is 1.91. The molecule has 1 saturated carbocycles. The highest BCUT2D eigenvalue weighted by Gasteiger charge is 2.49. The van der Waals surface area contributed by atoms with E-state index in [9.17, 15) is 4.79 Å². The fourth-order valence-corrected chi connectivity index (χ4v) is 2.98. The van der Waals surface area contributed by atoms with Crippen LogP contribution in [0.1, 0.15) is 36.0 Å². The van der Waals surface area contributed by atoms with Gasteiger partial charge in [-0.25, -0.2) is 0 Å². The second-order valence-corrected chi connectivity index (χ2v) is 5.47. The summed E-state index contributed by atoms with van der Waals surface area (Å²) in [7, 11) is 1.58. The summed E-state index contributed by atoms with van der Waals surface area (Å²) in [4.78, 5) is 11.0. The Morgan fingerprint density at radius 3 is 2.56 bits per heavy atom. The number of methoxy groups -OCH3 is 1. The summed E-state index contributed by atoms with van der Waals surface area (Å²) in [5.74, 6) is -0.134. The van der Waals surface area contributed by atoms with Crippen LogP contribution in [0.5, 0.6) is 5.75 Å². The molecule has 98 valence electrons. The van der Waals surface area contributed by atoms with E-state index in [1.807, 2.05) is 19.9 Å². The fourth-order valence-electron chi connectivity index (χ4n) is 2.64. The van der Waals surface area contributed by atoms with E-state index in [0.717, 1.165) is 29.5 Å². The van der Waals surface area contributed by atoms with Crippen LogP contribution in [0.15, 0.2) is 6.07 Å². The molecule has 0 heterocycles. The quantitative estimate of drug-likeness (QED) is 0.909. The lowest BCUT2D eigenvalue weighted by atomic mass is 9.86. The number of rotatable bonds is 4. The Kier molecular flexibility index (Phi) is 3.28. The van der Waals surface area contributed by atoms with Crippen LogP contribution in [0.3, 0.4) is 0 Å². The largest absolute Gasteiger partial charge is 0.495 e. The van der Waals surface area contributed by atoms with Crippen molar-refractivity contribution in [1.29, 1.82) is 0 Å². The highest BCUT2D eigenvalue weighted by atomic mass is 35.5. The van der Waals surface area contributed by atoms with Gasteiger partial charge in [0.15, 0.2) is 0 Å². The van der Waals surface area contributed by atoms with Crippen molar-refractivity contribution in [3.05, 3.63) is 27.8 Å². The summed E-state index contributed by atoms with van der Waals surface area (Å²) < 4.78 is 5.39. The van der Waals surface area contributed by atoms with Crippen LogP contribution in [-0.2, 0) is 10.2 Å². The minimum absolute atomic E-state index is 0.143. The minimum Gasteiger partial charge on any atom is -0.495 e. The van der Waals surface area contributed by atoms with Gasteiger partial charge in [-0.1, -0.05) is 11.6 Å². The molecule has 4 heteroatoms. The maximum atomic E-state index is 11.0. The average Bonchev–Trinajstić information content (AvgIpc) is 3.02. The van der Waals surface area contributed by atoms with Gasteiger partial charge in [-0.2, -0.15) is 0 Å². The molecule has 0 spiro atoms. The molecule has 0 aromatic heterocycles. The van der Waals surface area contributed by atoms with Crippen molar-refractivity contribution in [2.24, 2.45) is 0 Å². The molecular formula is C14H17ClO3. The zero-order valence-corrected chi connectivity index (χ0v) is 11.6. The lowest BCUT2D eigenvalue weighted by Gasteiger charge is -2.22. The van der Waals surface area contributed by atoms with Gasteiger partial charge in [-0.15, -0.1) is 0 Å². The van der Waals surface area contributed by atoms with Gasteiger partial charge in [0, 0.05) is 11.0 Å². The topological polar surface area (TPSA) is 46.5 Å². The van der Waals surface area contributed by atoms with Gasteiger partial charge in [0.25, 0.3) is 0 Å². The standard InChI is InChI=1S/C14H17ClO3/c1-8-6-10(15)13(18-3)12(9(8)2)14(4-5-14)7-11(16)17/h6H,4-5,7H2,1-3H3,(H,16,17). The second kappa shape index (κ2) is 4.47. The lowest BCUT2D eigenvalue weighted by Crippen LogP contribution is -2.16. The molecule has 0 atom stereocenters. The summed E-state index contributed by atoms with van der Waals surface area (Å²) >= 11 is 6.20. The third kappa shape index (κ3) is 2.07. The monoisotopic (exact) mass is 268 g/mol. The predicted octanol–water partition coefficient (Wildman–Crippen LogP) is 3.47. The van der Waals surface area contributed by atoms with Gasteiger partial charge in [0.05, 0.1) is 18.6 Å². The van der Waals surface area contributed by atoms with Crippen LogP contribution in [0.2, 0.25) is 5.02 Å². The number of benzene rings is 1. The highest BCUT2D eigenvalue weighted by Crippen LogP contribution is 2.56. The van der Waals surface area contributed by atoms with Crippen molar-refractivity contribution >= 4 is 17.6 Å². The van der Waals surface area contributed by atoms with E-state index >= 15 is 0 Å². The van der Waals surface area contributed by atoms with Crippen molar-refractivity contribution in [1.82, 2.24) is 0 Å². The van der Waals surface area contributed by atoms with Crippen LogP contribution >= 0.6 is 11.6 Å². The number of hydrogen-bond acceptors (Lipinski definition) is 2. The number of aliphatic carboxylic acids is 1. The van der Waals surface area contributed by atoms with Crippen LogP contribution < -0.4 is 4.74 Å². The zero-order valence-electron chi connectivity index (χ0n) is 10.8. The van der Waals surface area contributed by atoms with E-state index in [1.54, 1.807) is 7.11 Å². The fraction of sp³-hybridized carbons (Fsp3) is 0.500. The summed E-state index contributed by atoms with van der Waals surface area (Å²) in [6, 6.07) is 1.87. The average molecular weight is 269 g/mol. The normalized spacial score (nSPS) is 16.4. The summed E-state index contributed by atoms with van der Waals surface area (Å²) in [5.41, 5.74) is 2.87. The molecule has 1 aliphatic rings. The Morgan fingerprint density at radius 1 is 1.50 bits per heavy atom. The Bertz CT molecular complexity index is 504. The Hall–Kier alpha value is -1.22. The second-order valence-electron chi connectivity index (χ2n) is 5.06. The number of ether oxygens (including phenoxy) is 1. The first kappa shape index (κ1) is 13.2. The molecule has 1 aromatic rings. The van der Waals surface area contributed by atoms with Crippen LogP contribution in [0, 0.1) is 13.8 Å². The van der Waals surface area contributed by atoms with Gasteiger partial charge in [-0.05, 0) is 43.9 Å². The maximum Gasteiger partial charge on any atom is 0.304 e. The molecule has 1 N–H and O–H groups in total. The van der Waals surface area contributed by atoms with Gasteiger partial charge in [0.1, 0.15) is 5.75 Å². The van der Waals surface area contributed by atoms with Crippen LogP contribution in [0.4, 0.5) is 0 Å². The first-order chi connectivity index (χ1) is 8.41. The lowest BCUT2D eigenvalue weighted by molar-refractivity contribution is -0.137. The molecule has 1 aromatic carbocycles. The number of carboxylic acid groups (broad SMARTS) is 1. The van der Waals surface area contributed by atoms with Gasteiger partial charge in [0.2, 0.25) is 0 Å². The first-order valence-electron chi connectivity index (χ1n) is 5.97. The van der Waals surface area contributed by atoms with Crippen molar-refractivity contribution in [3.8, 4) is 5.75 Å². The Labute approximate surface area is 112 Å². The Balaban J connectivity index is 2.59. The van der Waals surface area contributed by atoms with E-state index < -0.39 is 5.97 Å². The molecule has 18 heavy (non-hydrogen) atoms. The van der Waals surface area contributed by atoms with E-state index in [2.05, 4.69) is 0 Å². The molecule has 1 fully saturated rings. The summed E-state index contributed by atoms with van der Waals surface area (Å²) in [6.45, 7) is 3.99. The Morgan fingerprint density at radius 2 is 2.11 bits per heavy atom. The first-order valence-corrected chi connectivity index (χ1v) is 6.35. The van der Waals surface area contributed by atoms with E-state index in [4.69, 9.17) is 21.4 Å². The number of halogens is 1. The molecule has 1 aliphatic carbocycles. The molecule has 0 saturated heterocycles. The smallest absolute Gasteiger partial charge is 0.304 e. The van der Waals surface area contributed by atoms with Gasteiger partial charge in [-0.3, -0.25) is 4.79 Å². The predicted molar refractivity (Wildman–Crippen MR) is 70.6 cm³/mol. The van der Waals surface area contributed by atoms with E-state index in [1.165, 1.54) is 0 Å². The number of aryl methyl sites for hydroxylation is 1. The zero-order chi connectivity index (χ0) is 13.5. The molecular weight excluding hydrogens is 252 g/mol. The van der Waals surface area contributed by atoms with Crippen LogP contribution in [0.25, 0.3) is 0 Å². The van der Waals surface area contributed by atoms with Gasteiger partial charge < -0.3 is 9.84 Å². The van der Waals surface area contributed by atoms with Crippen LogP contribution in [-0.4, -0.2) is 18.2 Å². The van der Waals surface area contributed by atoms with Crippen molar-refractivity contribution in [2.45, 2.75) is 38.5 Å². The van der Waals surface area contributed by atoms with E-state index in [0.29, 0.717) is 10.8 Å². The molecule has 0 aliphatic heterocycles. The highest BCUT2D eigenvalue weighted by molar-refractivity contribution is 6.32. The summed E-state index contributed by atoms with van der Waals surface area (Å²) in [5, 5.41) is 9.63. The SMILES string of the molecule is COc1c(Cl)cc(C)c(C)c1C1(CC(=O)O)CC1. The molecule has 0 amide bonds. The number of hydrogen-bond donors (Lipinski definition) is 1. The molecule has 0 unspecified atom stereocenters. The third-order valence-electron chi connectivity index (χ3n) is 3.83. The third-order valence-corrected chi connectivity index (χ3v) is 4.11. The molecule has 2 rings (SSSR count). The molecule has 3 nitrogen and oxygen atoms in total.